The number of benzene rings is 1. The highest BCUT2D eigenvalue weighted by Gasteiger charge is 2.50. The summed E-state index contributed by atoms with van der Waals surface area (Å²) in [5, 5.41) is 11.5. The Morgan fingerprint density at radius 3 is 2.53 bits per heavy atom. The second kappa shape index (κ2) is 15.3. The van der Waals surface area contributed by atoms with Gasteiger partial charge in [0.2, 0.25) is 11.8 Å². The van der Waals surface area contributed by atoms with Crippen LogP contribution in [0.15, 0.2) is 47.2 Å². The Balaban J connectivity index is 1.18. The van der Waals surface area contributed by atoms with E-state index in [1.807, 2.05) is 24.0 Å². The van der Waals surface area contributed by atoms with Crippen LogP contribution in [0.2, 0.25) is 0 Å². The number of rotatable bonds is 13. The van der Waals surface area contributed by atoms with Gasteiger partial charge in [0.1, 0.15) is 30.1 Å². The molecular formula is C39H52N4O6. The molecule has 2 bridgehead atoms. The lowest BCUT2D eigenvalue weighted by molar-refractivity contribution is -0.124. The standard InChI is InChI=1S/C39H52N4O6/c1-27-22-31(10-11-33(27)47-3)39-16-13-38(14-17-39,15-18-39)26-43(36(45)29-8-5-4-6-9-29)34-23-30(12-20-40-34)32-25-48-35(42-32)28(2)24-49-37(46)41-19-7-21-44/h10-12,20,22-23,25,28-29,44H,4-9,13-19,21,24,26H2,1-3H3,(H,41,46). The first-order valence-electron chi connectivity index (χ1n) is 18.1. The van der Waals surface area contributed by atoms with Crippen LogP contribution < -0.4 is 15.0 Å². The van der Waals surface area contributed by atoms with E-state index in [1.165, 1.54) is 17.5 Å². The van der Waals surface area contributed by atoms with Crippen LogP contribution in [0.25, 0.3) is 11.3 Å². The highest BCUT2D eigenvalue weighted by atomic mass is 16.5. The first kappa shape index (κ1) is 34.9. The fraction of sp³-hybridized carbons (Fsp3) is 0.590. The Labute approximate surface area is 290 Å². The summed E-state index contributed by atoms with van der Waals surface area (Å²) in [6.07, 6.45) is 15.3. The van der Waals surface area contributed by atoms with Crippen LogP contribution in [-0.4, -0.2) is 60.5 Å². The first-order valence-corrected chi connectivity index (χ1v) is 18.1. The third-order valence-corrected chi connectivity index (χ3v) is 11.5. The number of fused-ring (bicyclic) bond motifs is 3. The zero-order valence-electron chi connectivity index (χ0n) is 29.3. The van der Waals surface area contributed by atoms with E-state index in [2.05, 4.69) is 30.4 Å². The number of aryl methyl sites for hydroxylation is 1. The molecule has 10 heteroatoms. The van der Waals surface area contributed by atoms with Gasteiger partial charge < -0.3 is 24.3 Å². The maximum Gasteiger partial charge on any atom is 0.407 e. The van der Waals surface area contributed by atoms with E-state index in [0.29, 0.717) is 36.9 Å². The normalized spacial score (nSPS) is 22.8. The van der Waals surface area contributed by atoms with Gasteiger partial charge in [0, 0.05) is 37.4 Å². The number of anilines is 1. The van der Waals surface area contributed by atoms with E-state index in [0.717, 1.165) is 75.5 Å². The SMILES string of the molecule is COc1ccc(C23CCC(CN(C(=O)C4CCCCC4)c4cc(-c5coc(C(C)COC(=O)NCCCO)n5)ccn4)(CC2)CC3)cc1C. The number of hydrogen-bond acceptors (Lipinski definition) is 8. The van der Waals surface area contributed by atoms with Crippen LogP contribution in [0.1, 0.15) is 107 Å². The van der Waals surface area contributed by atoms with Gasteiger partial charge in [0.05, 0.1) is 13.0 Å². The number of nitrogens with zero attached hydrogens (tertiary/aromatic N) is 3. The van der Waals surface area contributed by atoms with Crippen molar-refractivity contribution < 1.29 is 28.6 Å². The van der Waals surface area contributed by atoms with E-state index in [4.69, 9.17) is 29.0 Å². The summed E-state index contributed by atoms with van der Waals surface area (Å²) in [5.74, 6) is 2.06. The minimum Gasteiger partial charge on any atom is -0.496 e. The number of carbonyl (C=O) groups excluding carboxylic acids is 2. The molecule has 7 rings (SSSR count). The van der Waals surface area contributed by atoms with Crippen LogP contribution in [0.5, 0.6) is 5.75 Å². The van der Waals surface area contributed by atoms with E-state index in [1.54, 1.807) is 19.6 Å². The molecule has 2 amide bonds. The van der Waals surface area contributed by atoms with Gasteiger partial charge in [-0.1, -0.05) is 38.3 Å². The monoisotopic (exact) mass is 672 g/mol. The number of aliphatic hydroxyl groups excluding tert-OH is 1. The predicted octanol–water partition coefficient (Wildman–Crippen LogP) is 7.47. The smallest absolute Gasteiger partial charge is 0.407 e. The molecular weight excluding hydrogens is 620 g/mol. The second-order valence-corrected chi connectivity index (χ2v) is 14.7. The van der Waals surface area contributed by atoms with Gasteiger partial charge in [-0.3, -0.25) is 9.69 Å². The number of aliphatic hydroxyl groups is 1. The number of nitrogens with one attached hydrogen (secondary N) is 1. The van der Waals surface area contributed by atoms with E-state index < -0.39 is 6.09 Å². The number of carbonyl (C=O) groups is 2. The lowest BCUT2D eigenvalue weighted by atomic mass is 9.51. The maximum absolute atomic E-state index is 14.4. The third-order valence-electron chi connectivity index (χ3n) is 11.5. The highest BCUT2D eigenvalue weighted by molar-refractivity contribution is 5.94. The summed E-state index contributed by atoms with van der Waals surface area (Å²) < 4.78 is 16.7. The van der Waals surface area contributed by atoms with Gasteiger partial charge in [-0.05, 0) is 105 Å². The second-order valence-electron chi connectivity index (χ2n) is 14.7. The molecule has 0 saturated heterocycles. The Hall–Kier alpha value is -3.92. The van der Waals surface area contributed by atoms with Crippen molar-refractivity contribution in [2.45, 2.75) is 102 Å². The van der Waals surface area contributed by atoms with Gasteiger partial charge >= 0.3 is 6.09 Å². The fourth-order valence-electron chi connectivity index (χ4n) is 8.28. The van der Waals surface area contributed by atoms with Crippen molar-refractivity contribution in [1.82, 2.24) is 15.3 Å². The minimum atomic E-state index is -0.537. The largest absolute Gasteiger partial charge is 0.496 e. The van der Waals surface area contributed by atoms with Crippen LogP contribution in [0.4, 0.5) is 10.6 Å². The zero-order valence-corrected chi connectivity index (χ0v) is 29.3. The maximum atomic E-state index is 14.4. The molecule has 1 unspecified atom stereocenters. The van der Waals surface area contributed by atoms with Crippen LogP contribution >= 0.6 is 0 Å². The summed E-state index contributed by atoms with van der Waals surface area (Å²) >= 11 is 0. The van der Waals surface area contributed by atoms with Gasteiger partial charge in [-0.25, -0.2) is 14.8 Å². The fourth-order valence-corrected chi connectivity index (χ4v) is 8.28. The number of hydrogen-bond donors (Lipinski definition) is 2. The number of alkyl carbamates (subject to hydrolysis) is 1. The van der Waals surface area contributed by atoms with Crippen molar-refractivity contribution in [2.24, 2.45) is 11.3 Å². The molecule has 0 radical (unpaired) electrons. The van der Waals surface area contributed by atoms with Crippen LogP contribution in [-0.2, 0) is 14.9 Å². The summed E-state index contributed by atoms with van der Waals surface area (Å²) in [6, 6.07) is 10.6. The summed E-state index contributed by atoms with van der Waals surface area (Å²) in [4.78, 5) is 37.8. The molecule has 4 fully saturated rings. The molecule has 49 heavy (non-hydrogen) atoms. The van der Waals surface area contributed by atoms with Gasteiger partial charge in [-0.15, -0.1) is 0 Å². The highest BCUT2D eigenvalue weighted by Crippen LogP contribution is 2.58. The molecule has 0 spiro atoms. The number of oxazole rings is 1. The average Bonchev–Trinajstić information content (AvgIpc) is 3.65. The molecule has 1 atom stereocenters. The zero-order chi connectivity index (χ0) is 34.4. The molecule has 4 aliphatic carbocycles. The molecule has 0 aliphatic heterocycles. The third kappa shape index (κ3) is 7.79. The molecule has 2 aromatic heterocycles. The van der Waals surface area contributed by atoms with Crippen molar-refractivity contribution >= 4 is 17.8 Å². The first-order chi connectivity index (χ1) is 23.7. The Morgan fingerprint density at radius 2 is 1.84 bits per heavy atom. The van der Waals surface area contributed by atoms with E-state index >= 15 is 0 Å². The summed E-state index contributed by atoms with van der Waals surface area (Å²) in [6.45, 7) is 5.17. The molecule has 10 nitrogen and oxygen atoms in total. The number of methoxy groups -OCH3 is 1. The van der Waals surface area contributed by atoms with Crippen molar-refractivity contribution in [2.75, 3.05) is 38.3 Å². The Kier molecular flexibility index (Phi) is 10.9. The van der Waals surface area contributed by atoms with Crippen LogP contribution in [0.3, 0.4) is 0 Å². The molecule has 2 heterocycles. The van der Waals surface area contributed by atoms with Crippen LogP contribution in [0, 0.1) is 18.3 Å². The summed E-state index contributed by atoms with van der Waals surface area (Å²) in [7, 11) is 1.73. The molecule has 4 aliphatic rings. The average molecular weight is 673 g/mol. The van der Waals surface area contributed by atoms with Crippen molar-refractivity contribution in [3.63, 3.8) is 0 Å². The predicted molar refractivity (Wildman–Crippen MR) is 188 cm³/mol. The molecule has 1 aromatic carbocycles. The van der Waals surface area contributed by atoms with Gasteiger partial charge in [-0.2, -0.15) is 0 Å². The molecule has 4 saturated carbocycles. The number of pyridine rings is 1. The van der Waals surface area contributed by atoms with E-state index in [-0.39, 0.29) is 41.8 Å². The van der Waals surface area contributed by atoms with Gasteiger partial charge in [0.15, 0.2) is 0 Å². The van der Waals surface area contributed by atoms with Gasteiger partial charge in [0.25, 0.3) is 0 Å². The quantitative estimate of drug-likeness (QED) is 0.179. The Bertz CT molecular complexity index is 1570. The Morgan fingerprint density at radius 1 is 1.08 bits per heavy atom. The van der Waals surface area contributed by atoms with Crippen molar-refractivity contribution in [1.29, 1.82) is 0 Å². The van der Waals surface area contributed by atoms with E-state index in [9.17, 15) is 9.59 Å². The molecule has 3 aromatic rings. The number of ether oxygens (including phenoxy) is 2. The lowest BCUT2D eigenvalue weighted by Crippen LogP contribution is -2.51. The van der Waals surface area contributed by atoms with Crippen molar-refractivity contribution in [3.8, 4) is 17.0 Å². The molecule has 264 valence electrons. The number of amides is 2. The van der Waals surface area contributed by atoms with Crippen molar-refractivity contribution in [3.05, 3.63) is 59.8 Å². The minimum absolute atomic E-state index is 0.00558. The number of aromatic nitrogens is 2. The molecule has 2 N–H and O–H groups in total. The lowest BCUT2D eigenvalue weighted by Gasteiger charge is -2.55. The topological polar surface area (TPSA) is 127 Å². The summed E-state index contributed by atoms with van der Waals surface area (Å²) in [5.41, 5.74) is 4.37.